The minimum atomic E-state index is -0.908. The molecule has 0 aromatic heterocycles. The maximum Gasteiger partial charge on any atom is 0.244 e. The molecule has 1 saturated heterocycles. The molecule has 21 heavy (non-hydrogen) atoms. The van der Waals surface area contributed by atoms with Crippen molar-refractivity contribution >= 4 is 16.7 Å². The van der Waals surface area contributed by atoms with Crippen LogP contribution in [0, 0.1) is 6.92 Å². The van der Waals surface area contributed by atoms with Crippen LogP contribution in [0.1, 0.15) is 37.1 Å². The van der Waals surface area contributed by atoms with Crippen LogP contribution in [0.5, 0.6) is 0 Å². The lowest BCUT2D eigenvalue weighted by Crippen LogP contribution is -2.41. The molecule has 1 saturated carbocycles. The standard InChI is InChI=1S/C16H22N2O2S/c1-11-4-6-13(7-5-11)14-17-16(8-9-16)15(19)18(14)12(2)10-21(3)20/h4-7,12,14,17H,8-10H2,1-3H3. The second-order valence-corrected chi connectivity index (χ2v) is 7.82. The summed E-state index contributed by atoms with van der Waals surface area (Å²) >= 11 is 0. The number of benzene rings is 1. The van der Waals surface area contributed by atoms with Crippen molar-refractivity contribution in [3.63, 3.8) is 0 Å². The lowest BCUT2D eigenvalue weighted by Gasteiger charge is -2.30. The van der Waals surface area contributed by atoms with Crippen molar-refractivity contribution in [1.29, 1.82) is 0 Å². The molecule has 1 heterocycles. The summed E-state index contributed by atoms with van der Waals surface area (Å²) in [7, 11) is -0.908. The zero-order chi connectivity index (χ0) is 15.2. The summed E-state index contributed by atoms with van der Waals surface area (Å²) in [5, 5.41) is 3.51. The molecule has 4 nitrogen and oxygen atoms in total. The third-order valence-corrected chi connectivity index (χ3v) is 5.38. The Balaban J connectivity index is 1.91. The minimum Gasteiger partial charge on any atom is -0.318 e. The van der Waals surface area contributed by atoms with Crippen LogP contribution < -0.4 is 5.32 Å². The number of hydrogen-bond acceptors (Lipinski definition) is 3. The van der Waals surface area contributed by atoms with Crippen LogP contribution in [-0.4, -0.2) is 38.6 Å². The van der Waals surface area contributed by atoms with Crippen molar-refractivity contribution in [2.75, 3.05) is 12.0 Å². The third-order valence-electron chi connectivity index (χ3n) is 4.43. The summed E-state index contributed by atoms with van der Waals surface area (Å²) in [6, 6.07) is 8.26. The first kappa shape index (κ1) is 14.7. The normalized spacial score (nSPS) is 26.1. The van der Waals surface area contributed by atoms with Gasteiger partial charge in [-0.3, -0.25) is 14.3 Å². The summed E-state index contributed by atoms with van der Waals surface area (Å²) in [4.78, 5) is 14.6. The van der Waals surface area contributed by atoms with Gasteiger partial charge in [-0.25, -0.2) is 0 Å². The Morgan fingerprint density at radius 3 is 2.52 bits per heavy atom. The van der Waals surface area contributed by atoms with E-state index in [4.69, 9.17) is 0 Å². The Kier molecular flexibility index (Phi) is 3.66. The molecule has 1 N–H and O–H groups in total. The molecule has 5 heteroatoms. The van der Waals surface area contributed by atoms with Crippen molar-refractivity contribution in [2.45, 2.75) is 44.4 Å². The summed E-state index contributed by atoms with van der Waals surface area (Å²) < 4.78 is 11.5. The van der Waals surface area contributed by atoms with Gasteiger partial charge < -0.3 is 4.90 Å². The number of nitrogens with zero attached hydrogens (tertiary/aromatic N) is 1. The van der Waals surface area contributed by atoms with Crippen molar-refractivity contribution < 1.29 is 9.00 Å². The zero-order valence-corrected chi connectivity index (χ0v) is 13.6. The van der Waals surface area contributed by atoms with Crippen LogP contribution in [0.4, 0.5) is 0 Å². The van der Waals surface area contributed by atoms with Crippen LogP contribution in [0.15, 0.2) is 24.3 Å². The van der Waals surface area contributed by atoms with E-state index in [9.17, 15) is 9.00 Å². The molecule has 1 aromatic carbocycles. The maximum absolute atomic E-state index is 12.7. The average Bonchev–Trinajstić information content (AvgIpc) is 3.12. The van der Waals surface area contributed by atoms with Crippen molar-refractivity contribution in [1.82, 2.24) is 10.2 Å². The van der Waals surface area contributed by atoms with Crippen LogP contribution in [0.3, 0.4) is 0 Å². The number of amides is 1. The Morgan fingerprint density at radius 2 is 2.00 bits per heavy atom. The highest BCUT2D eigenvalue weighted by Gasteiger charge is 2.60. The Labute approximate surface area is 128 Å². The highest BCUT2D eigenvalue weighted by atomic mass is 32.2. The van der Waals surface area contributed by atoms with Gasteiger partial charge in [0.05, 0.1) is 0 Å². The lowest BCUT2D eigenvalue weighted by molar-refractivity contribution is -0.132. The molecule has 1 aliphatic carbocycles. The number of carbonyl (C=O) groups excluding carboxylic acids is 1. The first-order chi connectivity index (χ1) is 9.93. The SMILES string of the molecule is Cc1ccc(C2NC3(CC3)C(=O)N2C(C)CS(C)=O)cc1. The molecule has 3 atom stereocenters. The molecule has 3 unspecified atom stereocenters. The van der Waals surface area contributed by atoms with Gasteiger partial charge in [0.2, 0.25) is 5.91 Å². The van der Waals surface area contributed by atoms with Crippen LogP contribution in [-0.2, 0) is 15.6 Å². The minimum absolute atomic E-state index is 0.0258. The van der Waals surface area contributed by atoms with E-state index < -0.39 is 10.8 Å². The fourth-order valence-corrected chi connectivity index (χ4v) is 3.95. The van der Waals surface area contributed by atoms with E-state index in [1.54, 1.807) is 6.26 Å². The largest absolute Gasteiger partial charge is 0.318 e. The summed E-state index contributed by atoms with van der Waals surface area (Å²) in [6.45, 7) is 4.05. The molecule has 1 amide bonds. The van der Waals surface area contributed by atoms with Gasteiger partial charge in [-0.1, -0.05) is 29.8 Å². The van der Waals surface area contributed by atoms with Crippen molar-refractivity contribution in [3.8, 4) is 0 Å². The molecule has 0 bridgehead atoms. The quantitative estimate of drug-likeness (QED) is 0.921. The van der Waals surface area contributed by atoms with Crippen LogP contribution in [0.25, 0.3) is 0 Å². The fraction of sp³-hybridized carbons (Fsp3) is 0.562. The maximum atomic E-state index is 12.7. The molecule has 2 fully saturated rings. The number of rotatable bonds is 4. The molecule has 0 radical (unpaired) electrons. The second-order valence-electron chi connectivity index (χ2n) is 6.34. The molecule has 1 aromatic rings. The number of aryl methyl sites for hydroxylation is 1. The average molecular weight is 306 g/mol. The Morgan fingerprint density at radius 1 is 1.38 bits per heavy atom. The molecular formula is C16H22N2O2S. The summed E-state index contributed by atoms with van der Waals surface area (Å²) in [6.07, 6.45) is 3.41. The molecule has 1 aliphatic heterocycles. The first-order valence-corrected chi connectivity index (χ1v) is 9.13. The second kappa shape index (κ2) is 5.21. The van der Waals surface area contributed by atoms with Crippen molar-refractivity contribution in [3.05, 3.63) is 35.4 Å². The van der Waals surface area contributed by atoms with E-state index >= 15 is 0 Å². The van der Waals surface area contributed by atoms with Crippen molar-refractivity contribution in [2.24, 2.45) is 0 Å². The van der Waals surface area contributed by atoms with Gasteiger partial charge in [0.25, 0.3) is 0 Å². The van der Waals surface area contributed by atoms with Gasteiger partial charge in [-0.2, -0.15) is 0 Å². The van der Waals surface area contributed by atoms with Gasteiger partial charge in [-0.05, 0) is 32.3 Å². The van der Waals surface area contributed by atoms with Crippen LogP contribution >= 0.6 is 0 Å². The lowest BCUT2D eigenvalue weighted by atomic mass is 10.1. The Hall–Kier alpha value is -1.20. The van der Waals surface area contributed by atoms with Gasteiger partial charge in [0, 0.05) is 28.9 Å². The molecule has 3 rings (SSSR count). The predicted molar refractivity (Wildman–Crippen MR) is 84.3 cm³/mol. The summed E-state index contributed by atoms with van der Waals surface area (Å²) in [5.41, 5.74) is 1.96. The van der Waals surface area contributed by atoms with Gasteiger partial charge in [0.1, 0.15) is 11.7 Å². The Bertz CT molecular complexity index is 580. The number of hydrogen-bond donors (Lipinski definition) is 1. The highest BCUT2D eigenvalue weighted by molar-refractivity contribution is 7.84. The molecule has 2 aliphatic rings. The van der Waals surface area contributed by atoms with E-state index in [2.05, 4.69) is 36.5 Å². The third kappa shape index (κ3) is 2.64. The summed E-state index contributed by atoms with van der Waals surface area (Å²) in [5.74, 6) is 0.692. The van der Waals surface area contributed by atoms with E-state index in [1.807, 2.05) is 11.8 Å². The topological polar surface area (TPSA) is 49.4 Å². The monoisotopic (exact) mass is 306 g/mol. The smallest absolute Gasteiger partial charge is 0.244 e. The van der Waals surface area contributed by atoms with E-state index in [0.29, 0.717) is 5.75 Å². The number of nitrogens with one attached hydrogen (secondary N) is 1. The van der Waals surface area contributed by atoms with Crippen LogP contribution in [0.2, 0.25) is 0 Å². The number of carbonyl (C=O) groups is 1. The van der Waals surface area contributed by atoms with Gasteiger partial charge >= 0.3 is 0 Å². The van der Waals surface area contributed by atoms with E-state index in [-0.39, 0.29) is 23.7 Å². The fourth-order valence-electron chi connectivity index (χ4n) is 3.11. The first-order valence-electron chi connectivity index (χ1n) is 7.40. The molecule has 114 valence electrons. The van der Waals surface area contributed by atoms with E-state index in [0.717, 1.165) is 18.4 Å². The predicted octanol–water partition coefficient (Wildman–Crippen LogP) is 1.73. The molecular weight excluding hydrogens is 284 g/mol. The van der Waals surface area contributed by atoms with Gasteiger partial charge in [-0.15, -0.1) is 0 Å². The van der Waals surface area contributed by atoms with E-state index in [1.165, 1.54) is 5.56 Å². The molecule has 1 spiro atoms. The van der Waals surface area contributed by atoms with Gasteiger partial charge in [0.15, 0.2) is 0 Å². The highest BCUT2D eigenvalue weighted by Crippen LogP contribution is 2.46. The zero-order valence-electron chi connectivity index (χ0n) is 12.8.